The number of amides is 1. The Balaban J connectivity index is 2.22. The smallest absolute Gasteiger partial charge is 0.308 e. The fraction of sp³-hybridized carbons (Fsp3) is 0.500. The van der Waals surface area contributed by atoms with Gasteiger partial charge in [-0.1, -0.05) is 6.92 Å². The molecule has 1 heterocycles. The number of anilines is 1. The molecule has 1 aliphatic heterocycles. The minimum Gasteiger partial charge on any atom is -0.497 e. The predicted molar refractivity (Wildman–Crippen MR) is 81.1 cm³/mol. The van der Waals surface area contributed by atoms with Gasteiger partial charge in [-0.3, -0.25) is 9.59 Å². The summed E-state index contributed by atoms with van der Waals surface area (Å²) in [5.74, 6) is -1.10. The largest absolute Gasteiger partial charge is 0.497 e. The standard InChI is InChI=1S/C16H21NO5/c1-11(16(19)20)10-17(15(18)14-4-3-9-22-14)12-5-7-13(21-2)8-6-12/h5-8,11,14H,3-4,9-10H2,1-2H3,(H,19,20). The number of rotatable bonds is 6. The average Bonchev–Trinajstić information content (AvgIpc) is 3.06. The van der Waals surface area contributed by atoms with Crippen LogP contribution in [0.3, 0.4) is 0 Å². The highest BCUT2D eigenvalue weighted by atomic mass is 16.5. The molecule has 1 saturated heterocycles. The Morgan fingerprint density at radius 3 is 2.59 bits per heavy atom. The van der Waals surface area contributed by atoms with Crippen LogP contribution < -0.4 is 9.64 Å². The summed E-state index contributed by atoms with van der Waals surface area (Å²) in [4.78, 5) is 25.3. The molecular formula is C16H21NO5. The van der Waals surface area contributed by atoms with E-state index in [4.69, 9.17) is 14.6 Å². The number of ether oxygens (including phenoxy) is 2. The van der Waals surface area contributed by atoms with Crippen LogP contribution >= 0.6 is 0 Å². The minimum absolute atomic E-state index is 0.111. The molecule has 2 atom stereocenters. The molecule has 120 valence electrons. The first-order chi connectivity index (χ1) is 10.5. The van der Waals surface area contributed by atoms with Gasteiger partial charge in [0.15, 0.2) is 0 Å². The molecule has 22 heavy (non-hydrogen) atoms. The molecule has 0 saturated carbocycles. The zero-order valence-corrected chi connectivity index (χ0v) is 12.8. The van der Waals surface area contributed by atoms with Crippen LogP contribution in [0.2, 0.25) is 0 Å². The number of carbonyl (C=O) groups is 2. The third-order valence-electron chi connectivity index (χ3n) is 3.73. The van der Waals surface area contributed by atoms with E-state index in [-0.39, 0.29) is 12.5 Å². The lowest BCUT2D eigenvalue weighted by molar-refractivity contribution is -0.140. The lowest BCUT2D eigenvalue weighted by Crippen LogP contribution is -2.42. The molecule has 1 amide bonds. The molecule has 6 heteroatoms. The Morgan fingerprint density at radius 2 is 2.09 bits per heavy atom. The van der Waals surface area contributed by atoms with Crippen molar-refractivity contribution in [1.82, 2.24) is 0 Å². The summed E-state index contributed by atoms with van der Waals surface area (Å²) in [6.07, 6.45) is 1.04. The molecule has 0 spiro atoms. The summed E-state index contributed by atoms with van der Waals surface area (Å²) < 4.78 is 10.5. The maximum Gasteiger partial charge on any atom is 0.308 e. The Kier molecular flexibility index (Phi) is 5.38. The molecule has 2 unspecified atom stereocenters. The Hall–Kier alpha value is -2.08. The topological polar surface area (TPSA) is 76.1 Å². The van der Waals surface area contributed by atoms with Crippen LogP contribution in [-0.2, 0) is 14.3 Å². The van der Waals surface area contributed by atoms with Gasteiger partial charge in [-0.2, -0.15) is 0 Å². The van der Waals surface area contributed by atoms with E-state index in [1.807, 2.05) is 0 Å². The monoisotopic (exact) mass is 307 g/mol. The zero-order valence-electron chi connectivity index (χ0n) is 12.8. The molecule has 0 aliphatic carbocycles. The summed E-state index contributed by atoms with van der Waals surface area (Å²) in [5.41, 5.74) is 0.648. The van der Waals surface area contributed by atoms with Gasteiger partial charge in [0.1, 0.15) is 11.9 Å². The maximum atomic E-state index is 12.6. The number of methoxy groups -OCH3 is 1. The first kappa shape index (κ1) is 16.3. The Labute approximate surface area is 129 Å². The van der Waals surface area contributed by atoms with Crippen LogP contribution in [0.4, 0.5) is 5.69 Å². The predicted octanol–water partition coefficient (Wildman–Crippen LogP) is 1.93. The first-order valence-corrected chi connectivity index (χ1v) is 7.32. The summed E-state index contributed by atoms with van der Waals surface area (Å²) in [5, 5.41) is 9.12. The van der Waals surface area contributed by atoms with E-state index in [0.29, 0.717) is 24.5 Å². The number of carboxylic acid groups (broad SMARTS) is 1. The highest BCUT2D eigenvalue weighted by Crippen LogP contribution is 2.24. The lowest BCUT2D eigenvalue weighted by atomic mass is 10.1. The van der Waals surface area contributed by atoms with Crippen LogP contribution in [0.1, 0.15) is 19.8 Å². The molecule has 0 aromatic heterocycles. The van der Waals surface area contributed by atoms with Gasteiger partial charge < -0.3 is 19.5 Å². The molecule has 2 rings (SSSR count). The third-order valence-corrected chi connectivity index (χ3v) is 3.73. The van der Waals surface area contributed by atoms with Gasteiger partial charge in [-0.25, -0.2) is 0 Å². The number of hydrogen-bond acceptors (Lipinski definition) is 4. The van der Waals surface area contributed by atoms with E-state index in [1.54, 1.807) is 38.3 Å². The van der Waals surface area contributed by atoms with Crippen molar-refractivity contribution < 1.29 is 24.2 Å². The summed E-state index contributed by atoms with van der Waals surface area (Å²) in [7, 11) is 1.57. The highest BCUT2D eigenvalue weighted by molar-refractivity contribution is 5.97. The van der Waals surface area contributed by atoms with Crippen LogP contribution in [0.15, 0.2) is 24.3 Å². The van der Waals surface area contributed by atoms with Gasteiger partial charge in [0.05, 0.1) is 13.0 Å². The molecule has 1 aliphatic rings. The van der Waals surface area contributed by atoms with Crippen LogP contribution in [0.25, 0.3) is 0 Å². The van der Waals surface area contributed by atoms with E-state index < -0.39 is 18.0 Å². The number of aliphatic carboxylic acids is 1. The van der Waals surface area contributed by atoms with Gasteiger partial charge >= 0.3 is 5.97 Å². The number of nitrogens with zero attached hydrogens (tertiary/aromatic N) is 1. The van der Waals surface area contributed by atoms with Crippen molar-refractivity contribution in [2.45, 2.75) is 25.9 Å². The molecule has 1 fully saturated rings. The fourth-order valence-corrected chi connectivity index (χ4v) is 2.38. The molecule has 0 bridgehead atoms. The summed E-state index contributed by atoms with van der Waals surface area (Å²) in [6.45, 7) is 2.27. The third kappa shape index (κ3) is 3.76. The number of carbonyl (C=O) groups excluding carboxylic acids is 1. The van der Waals surface area contributed by atoms with Crippen molar-refractivity contribution in [2.75, 3.05) is 25.2 Å². The van der Waals surface area contributed by atoms with Gasteiger partial charge in [0.25, 0.3) is 5.91 Å². The van der Waals surface area contributed by atoms with Gasteiger partial charge in [-0.15, -0.1) is 0 Å². The lowest BCUT2D eigenvalue weighted by Gasteiger charge is -2.27. The SMILES string of the molecule is COc1ccc(N(CC(C)C(=O)O)C(=O)C2CCCO2)cc1. The van der Waals surface area contributed by atoms with Crippen LogP contribution in [-0.4, -0.2) is 43.3 Å². The molecule has 1 N–H and O–H groups in total. The number of benzene rings is 1. The van der Waals surface area contributed by atoms with E-state index >= 15 is 0 Å². The van der Waals surface area contributed by atoms with Crippen LogP contribution in [0, 0.1) is 5.92 Å². The van der Waals surface area contributed by atoms with Crippen molar-refractivity contribution in [3.63, 3.8) is 0 Å². The second kappa shape index (κ2) is 7.26. The Morgan fingerprint density at radius 1 is 1.41 bits per heavy atom. The molecule has 6 nitrogen and oxygen atoms in total. The van der Waals surface area contributed by atoms with Crippen molar-refractivity contribution in [3.05, 3.63) is 24.3 Å². The quantitative estimate of drug-likeness (QED) is 0.869. The van der Waals surface area contributed by atoms with Gasteiger partial charge in [0.2, 0.25) is 0 Å². The fourth-order valence-electron chi connectivity index (χ4n) is 2.38. The summed E-state index contributed by atoms with van der Waals surface area (Å²) in [6, 6.07) is 6.99. The van der Waals surface area contributed by atoms with E-state index in [0.717, 1.165) is 6.42 Å². The second-order valence-corrected chi connectivity index (χ2v) is 5.39. The minimum atomic E-state index is -0.932. The first-order valence-electron chi connectivity index (χ1n) is 7.32. The normalized spacial score (nSPS) is 18.7. The maximum absolute atomic E-state index is 12.6. The summed E-state index contributed by atoms with van der Waals surface area (Å²) >= 11 is 0. The number of hydrogen-bond donors (Lipinski definition) is 1. The zero-order chi connectivity index (χ0) is 16.1. The van der Waals surface area contributed by atoms with Gasteiger partial charge in [0, 0.05) is 18.8 Å². The Bertz CT molecular complexity index is 522. The molecule has 0 radical (unpaired) electrons. The second-order valence-electron chi connectivity index (χ2n) is 5.39. The van der Waals surface area contributed by atoms with Crippen molar-refractivity contribution in [1.29, 1.82) is 0 Å². The van der Waals surface area contributed by atoms with E-state index in [1.165, 1.54) is 4.90 Å². The van der Waals surface area contributed by atoms with E-state index in [9.17, 15) is 9.59 Å². The molecular weight excluding hydrogens is 286 g/mol. The highest BCUT2D eigenvalue weighted by Gasteiger charge is 2.31. The van der Waals surface area contributed by atoms with Crippen LogP contribution in [0.5, 0.6) is 5.75 Å². The van der Waals surface area contributed by atoms with Gasteiger partial charge in [-0.05, 0) is 37.1 Å². The molecule has 1 aromatic rings. The molecule has 1 aromatic carbocycles. The van der Waals surface area contributed by atoms with E-state index in [2.05, 4.69) is 0 Å². The van der Waals surface area contributed by atoms with Crippen molar-refractivity contribution in [2.24, 2.45) is 5.92 Å². The number of carboxylic acids is 1. The van der Waals surface area contributed by atoms with Crippen molar-refractivity contribution >= 4 is 17.6 Å². The average molecular weight is 307 g/mol. The van der Waals surface area contributed by atoms with Crippen molar-refractivity contribution in [3.8, 4) is 5.75 Å².